The van der Waals surface area contributed by atoms with E-state index in [4.69, 9.17) is 16.0 Å². The van der Waals surface area contributed by atoms with Crippen LogP contribution in [0.3, 0.4) is 0 Å². The standard InChI is InChI=1S/C23H21ClN2O4S/c1-15-5-6-16(2)22-21(15)12-17(23(27)25-22)13-26(14-19-4-3-11-30-19)31(28,29)20-9-7-18(24)8-10-20/h3-12H,13-14H2,1-2H3,(H,25,27). The maximum absolute atomic E-state index is 13.4. The van der Waals surface area contributed by atoms with Crippen LogP contribution in [-0.2, 0) is 23.1 Å². The van der Waals surface area contributed by atoms with Gasteiger partial charge in [-0.05, 0) is 67.4 Å². The molecule has 0 spiro atoms. The van der Waals surface area contributed by atoms with Gasteiger partial charge in [0.05, 0.1) is 23.2 Å². The molecule has 0 aliphatic heterocycles. The first kappa shape index (κ1) is 21.4. The fourth-order valence-electron chi connectivity index (χ4n) is 3.48. The summed E-state index contributed by atoms with van der Waals surface area (Å²) in [6.07, 6.45) is 1.48. The molecule has 2 aromatic carbocycles. The van der Waals surface area contributed by atoms with Crippen LogP contribution in [0.15, 0.2) is 75.0 Å². The lowest BCUT2D eigenvalue weighted by molar-refractivity contribution is 0.357. The number of hydrogen-bond donors (Lipinski definition) is 1. The number of aryl methyl sites for hydroxylation is 2. The zero-order valence-corrected chi connectivity index (χ0v) is 18.6. The van der Waals surface area contributed by atoms with Crippen LogP contribution in [0.2, 0.25) is 5.02 Å². The summed E-state index contributed by atoms with van der Waals surface area (Å²) in [7, 11) is -3.92. The summed E-state index contributed by atoms with van der Waals surface area (Å²) in [6, 6.07) is 15.0. The molecule has 0 radical (unpaired) electrons. The number of benzene rings is 2. The maximum Gasteiger partial charge on any atom is 0.252 e. The first-order chi connectivity index (χ1) is 14.8. The molecule has 1 N–H and O–H groups in total. The number of H-pyrrole nitrogens is 1. The minimum atomic E-state index is -3.92. The van der Waals surface area contributed by atoms with Crippen LogP contribution in [0, 0.1) is 13.8 Å². The van der Waals surface area contributed by atoms with E-state index in [0.29, 0.717) is 16.3 Å². The summed E-state index contributed by atoms with van der Waals surface area (Å²) >= 11 is 5.92. The highest BCUT2D eigenvalue weighted by molar-refractivity contribution is 7.89. The molecule has 4 rings (SSSR count). The summed E-state index contributed by atoms with van der Waals surface area (Å²) in [5.74, 6) is 0.474. The molecule has 0 fully saturated rings. The Hall–Kier alpha value is -2.87. The maximum atomic E-state index is 13.4. The van der Waals surface area contributed by atoms with Gasteiger partial charge in [0, 0.05) is 22.5 Å². The minimum absolute atomic E-state index is 0.0117. The third-order valence-electron chi connectivity index (χ3n) is 5.23. The molecule has 0 aliphatic carbocycles. The number of fused-ring (bicyclic) bond motifs is 1. The van der Waals surface area contributed by atoms with Crippen LogP contribution in [0.5, 0.6) is 0 Å². The lowest BCUT2D eigenvalue weighted by Crippen LogP contribution is -2.32. The Morgan fingerprint density at radius 2 is 1.71 bits per heavy atom. The number of pyridine rings is 1. The number of nitrogens with one attached hydrogen (secondary N) is 1. The van der Waals surface area contributed by atoms with E-state index in [0.717, 1.165) is 22.0 Å². The van der Waals surface area contributed by atoms with Crippen LogP contribution in [0.4, 0.5) is 0 Å². The van der Waals surface area contributed by atoms with Crippen molar-refractivity contribution in [1.29, 1.82) is 0 Å². The smallest absolute Gasteiger partial charge is 0.252 e. The molecule has 0 amide bonds. The fourth-order valence-corrected chi connectivity index (χ4v) is 4.99. The van der Waals surface area contributed by atoms with Crippen LogP contribution in [-0.4, -0.2) is 17.7 Å². The van der Waals surface area contributed by atoms with E-state index in [1.807, 2.05) is 26.0 Å². The third kappa shape index (κ3) is 4.30. The summed E-state index contributed by atoms with van der Waals surface area (Å²) in [5, 5.41) is 1.32. The lowest BCUT2D eigenvalue weighted by atomic mass is 10.0. The molecule has 0 bridgehead atoms. The fraction of sp³-hybridized carbons (Fsp3) is 0.174. The molecular weight excluding hydrogens is 436 g/mol. The van der Waals surface area contributed by atoms with E-state index < -0.39 is 10.0 Å². The van der Waals surface area contributed by atoms with E-state index in [-0.39, 0.29) is 23.5 Å². The number of nitrogens with zero attached hydrogens (tertiary/aromatic N) is 1. The zero-order chi connectivity index (χ0) is 22.2. The first-order valence-corrected chi connectivity index (χ1v) is 11.5. The van der Waals surface area contributed by atoms with Gasteiger partial charge in [0.1, 0.15) is 5.76 Å². The Morgan fingerprint density at radius 1 is 1.00 bits per heavy atom. The van der Waals surface area contributed by atoms with Crippen molar-refractivity contribution in [3.63, 3.8) is 0 Å². The van der Waals surface area contributed by atoms with Crippen LogP contribution >= 0.6 is 11.6 Å². The second kappa shape index (κ2) is 8.34. The molecule has 160 valence electrons. The number of aromatic nitrogens is 1. The highest BCUT2D eigenvalue weighted by Crippen LogP contribution is 2.24. The first-order valence-electron chi connectivity index (χ1n) is 9.66. The number of sulfonamides is 1. The van der Waals surface area contributed by atoms with Crippen LogP contribution < -0.4 is 5.56 Å². The predicted molar refractivity (Wildman–Crippen MR) is 121 cm³/mol. The van der Waals surface area contributed by atoms with E-state index in [2.05, 4.69) is 4.98 Å². The Morgan fingerprint density at radius 3 is 2.39 bits per heavy atom. The second-order valence-electron chi connectivity index (χ2n) is 7.42. The van der Waals surface area contributed by atoms with Crippen molar-refractivity contribution < 1.29 is 12.8 Å². The topological polar surface area (TPSA) is 83.4 Å². The van der Waals surface area contributed by atoms with Gasteiger partial charge in [-0.15, -0.1) is 0 Å². The quantitative estimate of drug-likeness (QED) is 0.452. The number of hydrogen-bond acceptors (Lipinski definition) is 4. The Balaban J connectivity index is 1.80. The minimum Gasteiger partial charge on any atom is -0.468 e. The van der Waals surface area contributed by atoms with E-state index in [1.165, 1.54) is 34.8 Å². The average molecular weight is 457 g/mol. The van der Waals surface area contributed by atoms with Gasteiger partial charge in [-0.25, -0.2) is 8.42 Å². The molecule has 0 saturated carbocycles. The van der Waals surface area contributed by atoms with Gasteiger partial charge >= 0.3 is 0 Å². The Bertz CT molecular complexity index is 1390. The molecule has 2 aromatic heterocycles. The lowest BCUT2D eigenvalue weighted by Gasteiger charge is -2.21. The van der Waals surface area contributed by atoms with Gasteiger partial charge in [0.2, 0.25) is 10.0 Å². The van der Waals surface area contributed by atoms with Crippen LogP contribution in [0.25, 0.3) is 10.9 Å². The molecule has 0 atom stereocenters. The number of aromatic amines is 1. The number of rotatable bonds is 6. The van der Waals surface area contributed by atoms with E-state index in [9.17, 15) is 13.2 Å². The highest BCUT2D eigenvalue weighted by Gasteiger charge is 2.27. The number of furan rings is 1. The third-order valence-corrected chi connectivity index (χ3v) is 7.29. The van der Waals surface area contributed by atoms with Crippen LogP contribution in [0.1, 0.15) is 22.5 Å². The molecule has 31 heavy (non-hydrogen) atoms. The SMILES string of the molecule is Cc1ccc(C)c2[nH]c(=O)c(CN(Cc3ccco3)S(=O)(=O)c3ccc(Cl)cc3)cc12. The largest absolute Gasteiger partial charge is 0.468 e. The predicted octanol–water partition coefficient (Wildman–Crippen LogP) is 4.78. The molecule has 0 saturated heterocycles. The molecule has 0 unspecified atom stereocenters. The Kier molecular flexibility index (Phi) is 5.75. The van der Waals surface area contributed by atoms with Gasteiger partial charge in [-0.3, -0.25) is 4.79 Å². The van der Waals surface area contributed by atoms with Gasteiger partial charge < -0.3 is 9.40 Å². The summed E-state index contributed by atoms with van der Waals surface area (Å²) in [6.45, 7) is 3.76. The molecule has 8 heteroatoms. The van der Waals surface area contributed by atoms with Crippen molar-refractivity contribution in [2.24, 2.45) is 0 Å². The zero-order valence-electron chi connectivity index (χ0n) is 17.1. The Labute approximate surface area is 185 Å². The highest BCUT2D eigenvalue weighted by atomic mass is 35.5. The van der Waals surface area contributed by atoms with Crippen molar-refractivity contribution in [3.8, 4) is 0 Å². The van der Waals surface area contributed by atoms with Crippen molar-refractivity contribution in [2.75, 3.05) is 0 Å². The van der Waals surface area contributed by atoms with Crippen molar-refractivity contribution in [3.05, 3.63) is 98.7 Å². The van der Waals surface area contributed by atoms with Gasteiger partial charge in [-0.1, -0.05) is 23.7 Å². The van der Waals surface area contributed by atoms with E-state index in [1.54, 1.807) is 18.2 Å². The van der Waals surface area contributed by atoms with Crippen molar-refractivity contribution in [2.45, 2.75) is 31.8 Å². The molecule has 0 aliphatic rings. The van der Waals surface area contributed by atoms with E-state index >= 15 is 0 Å². The summed E-state index contributed by atoms with van der Waals surface area (Å²) < 4.78 is 33.4. The molecule has 4 aromatic rings. The summed E-state index contributed by atoms with van der Waals surface area (Å²) in [5.41, 5.74) is 2.73. The van der Waals surface area contributed by atoms with Gasteiger partial charge in [0.25, 0.3) is 5.56 Å². The molecule has 6 nitrogen and oxygen atoms in total. The van der Waals surface area contributed by atoms with Crippen molar-refractivity contribution >= 4 is 32.5 Å². The molecule has 2 heterocycles. The second-order valence-corrected chi connectivity index (χ2v) is 9.79. The van der Waals surface area contributed by atoms with Gasteiger partial charge in [-0.2, -0.15) is 4.31 Å². The normalized spacial score (nSPS) is 12.0. The number of halogens is 1. The monoisotopic (exact) mass is 456 g/mol. The average Bonchev–Trinajstić information content (AvgIpc) is 3.25. The van der Waals surface area contributed by atoms with Gasteiger partial charge in [0.15, 0.2) is 0 Å². The summed E-state index contributed by atoms with van der Waals surface area (Å²) in [4.78, 5) is 15.8. The van der Waals surface area contributed by atoms with Crippen molar-refractivity contribution in [1.82, 2.24) is 9.29 Å². The molecular formula is C23H21ClN2O4S.